The number of rotatable bonds is 3. The molecule has 2 fully saturated rings. The molecule has 0 amide bonds. The average molecular weight is 142 g/mol. The van der Waals surface area contributed by atoms with Crippen LogP contribution in [0.5, 0.6) is 0 Å². The number of hydrogen-bond acceptors (Lipinski definition) is 2. The first-order valence-electron chi connectivity index (χ1n) is 4.13. The molecule has 0 N–H and O–H groups in total. The van der Waals surface area contributed by atoms with E-state index in [1.807, 2.05) is 0 Å². The van der Waals surface area contributed by atoms with Crippen molar-refractivity contribution in [1.82, 2.24) is 0 Å². The summed E-state index contributed by atoms with van der Waals surface area (Å²) < 4.78 is 10.8. The van der Waals surface area contributed by atoms with Crippen LogP contribution in [0, 0.1) is 0 Å². The molecular formula is C8H14O2. The van der Waals surface area contributed by atoms with E-state index < -0.39 is 0 Å². The molecule has 0 bridgehead atoms. The molecule has 1 aliphatic heterocycles. The maximum Gasteiger partial charge on any atom is 0.107 e. The van der Waals surface area contributed by atoms with Gasteiger partial charge in [-0.1, -0.05) is 0 Å². The molecule has 1 saturated heterocycles. The van der Waals surface area contributed by atoms with Gasteiger partial charge in [0.1, 0.15) is 6.10 Å². The molecule has 2 nitrogen and oxygen atoms in total. The zero-order valence-corrected chi connectivity index (χ0v) is 6.38. The number of epoxide rings is 1. The van der Waals surface area contributed by atoms with Gasteiger partial charge in [0, 0.05) is 0 Å². The Labute approximate surface area is 61.5 Å². The highest BCUT2D eigenvalue weighted by Crippen LogP contribution is 2.26. The summed E-state index contributed by atoms with van der Waals surface area (Å²) in [6.07, 6.45) is 5.18. The van der Waals surface area contributed by atoms with Gasteiger partial charge in [0.05, 0.1) is 18.8 Å². The third kappa shape index (κ3) is 1.32. The molecule has 0 spiro atoms. The van der Waals surface area contributed by atoms with Crippen molar-refractivity contribution in [2.75, 3.05) is 6.61 Å². The Kier molecular flexibility index (Phi) is 1.66. The van der Waals surface area contributed by atoms with E-state index in [0.717, 1.165) is 6.61 Å². The second kappa shape index (κ2) is 2.51. The first-order valence-corrected chi connectivity index (χ1v) is 4.13. The van der Waals surface area contributed by atoms with Gasteiger partial charge in [0.2, 0.25) is 0 Å². The normalized spacial score (nSPS) is 35.1. The second-order valence-corrected chi connectivity index (χ2v) is 3.27. The lowest BCUT2D eigenvalue weighted by molar-refractivity contribution is -0.0527. The molecule has 58 valence electrons. The first kappa shape index (κ1) is 6.62. The lowest BCUT2D eigenvalue weighted by atomic mass is 9.96. The van der Waals surface area contributed by atoms with E-state index in [1.165, 1.54) is 19.3 Å². The summed E-state index contributed by atoms with van der Waals surface area (Å²) in [6, 6.07) is 0. The molecule has 0 unspecified atom stereocenters. The Morgan fingerprint density at radius 2 is 2.20 bits per heavy atom. The Balaban J connectivity index is 1.67. The van der Waals surface area contributed by atoms with Gasteiger partial charge in [-0.15, -0.1) is 0 Å². The fourth-order valence-corrected chi connectivity index (χ4v) is 1.22. The zero-order chi connectivity index (χ0) is 6.97. The van der Waals surface area contributed by atoms with E-state index in [9.17, 15) is 0 Å². The monoisotopic (exact) mass is 142 g/mol. The van der Waals surface area contributed by atoms with Crippen LogP contribution in [0.25, 0.3) is 0 Å². The van der Waals surface area contributed by atoms with Gasteiger partial charge in [-0.3, -0.25) is 0 Å². The van der Waals surface area contributed by atoms with Crippen molar-refractivity contribution in [3.05, 3.63) is 0 Å². The molecule has 1 aliphatic carbocycles. The minimum absolute atomic E-state index is 0.338. The van der Waals surface area contributed by atoms with Crippen molar-refractivity contribution >= 4 is 0 Å². The molecule has 2 atom stereocenters. The highest BCUT2D eigenvalue weighted by molar-refractivity contribution is 4.79. The minimum atomic E-state index is 0.338. The third-order valence-corrected chi connectivity index (χ3v) is 2.34. The largest absolute Gasteiger partial charge is 0.372 e. The van der Waals surface area contributed by atoms with Gasteiger partial charge in [-0.05, 0) is 26.2 Å². The van der Waals surface area contributed by atoms with Crippen LogP contribution >= 0.6 is 0 Å². The second-order valence-electron chi connectivity index (χ2n) is 3.27. The van der Waals surface area contributed by atoms with E-state index in [-0.39, 0.29) is 0 Å². The summed E-state index contributed by atoms with van der Waals surface area (Å²) in [5, 5.41) is 0. The zero-order valence-electron chi connectivity index (χ0n) is 6.38. The van der Waals surface area contributed by atoms with Gasteiger partial charge in [0.15, 0.2) is 0 Å². The van der Waals surface area contributed by atoms with Gasteiger partial charge in [0.25, 0.3) is 0 Å². The van der Waals surface area contributed by atoms with Crippen molar-refractivity contribution in [2.24, 2.45) is 0 Å². The molecule has 10 heavy (non-hydrogen) atoms. The molecule has 2 heteroatoms. The quantitative estimate of drug-likeness (QED) is 0.555. The summed E-state index contributed by atoms with van der Waals surface area (Å²) in [6.45, 7) is 3.02. The summed E-state index contributed by atoms with van der Waals surface area (Å²) >= 11 is 0. The molecule has 0 aromatic carbocycles. The van der Waals surface area contributed by atoms with Crippen LogP contribution in [-0.4, -0.2) is 24.9 Å². The lowest BCUT2D eigenvalue weighted by Crippen LogP contribution is -2.28. The molecular weight excluding hydrogens is 128 g/mol. The van der Waals surface area contributed by atoms with Crippen molar-refractivity contribution in [3.8, 4) is 0 Å². The van der Waals surface area contributed by atoms with Gasteiger partial charge < -0.3 is 9.47 Å². The fraction of sp³-hybridized carbons (Fsp3) is 1.00. The topological polar surface area (TPSA) is 21.8 Å². The maximum atomic E-state index is 5.69. The van der Waals surface area contributed by atoms with Crippen LogP contribution in [0.1, 0.15) is 26.2 Å². The smallest absolute Gasteiger partial charge is 0.107 e. The van der Waals surface area contributed by atoms with Crippen molar-refractivity contribution < 1.29 is 9.47 Å². The molecule has 2 rings (SSSR count). The van der Waals surface area contributed by atoms with Gasteiger partial charge in [-0.25, -0.2) is 0 Å². The van der Waals surface area contributed by atoms with E-state index in [2.05, 4.69) is 6.92 Å². The minimum Gasteiger partial charge on any atom is -0.372 e. The predicted octanol–water partition coefficient (Wildman–Crippen LogP) is 1.34. The first-order chi connectivity index (χ1) is 4.86. The Morgan fingerprint density at radius 1 is 1.50 bits per heavy atom. The van der Waals surface area contributed by atoms with Crippen LogP contribution in [-0.2, 0) is 9.47 Å². The fourth-order valence-electron chi connectivity index (χ4n) is 1.22. The Hall–Kier alpha value is -0.0800. The summed E-state index contributed by atoms with van der Waals surface area (Å²) in [5.41, 5.74) is 0. The highest BCUT2D eigenvalue weighted by Gasteiger charge is 2.33. The van der Waals surface area contributed by atoms with Crippen LogP contribution in [0.4, 0.5) is 0 Å². The standard InChI is InChI=1S/C8H14O2/c1-6(8-5-9-8)10-7-3-2-4-7/h6-8H,2-5H2,1H3/t6-,8+/m0/s1. The summed E-state index contributed by atoms with van der Waals surface area (Å²) in [7, 11) is 0. The van der Waals surface area contributed by atoms with E-state index in [4.69, 9.17) is 9.47 Å². The van der Waals surface area contributed by atoms with Gasteiger partial charge >= 0.3 is 0 Å². The molecule has 2 aliphatic rings. The van der Waals surface area contributed by atoms with Gasteiger partial charge in [-0.2, -0.15) is 0 Å². The highest BCUT2D eigenvalue weighted by atomic mass is 16.6. The predicted molar refractivity (Wildman–Crippen MR) is 37.9 cm³/mol. The van der Waals surface area contributed by atoms with Crippen molar-refractivity contribution in [1.29, 1.82) is 0 Å². The van der Waals surface area contributed by atoms with Crippen molar-refractivity contribution in [3.63, 3.8) is 0 Å². The summed E-state index contributed by atoms with van der Waals surface area (Å²) in [4.78, 5) is 0. The Bertz CT molecular complexity index is 116. The molecule has 0 radical (unpaired) electrons. The van der Waals surface area contributed by atoms with Crippen LogP contribution < -0.4 is 0 Å². The van der Waals surface area contributed by atoms with E-state index in [0.29, 0.717) is 18.3 Å². The molecule has 1 saturated carbocycles. The van der Waals surface area contributed by atoms with Crippen LogP contribution in [0.15, 0.2) is 0 Å². The molecule has 0 aromatic rings. The van der Waals surface area contributed by atoms with Crippen LogP contribution in [0.2, 0.25) is 0 Å². The average Bonchev–Trinajstić information content (AvgIpc) is 2.58. The summed E-state index contributed by atoms with van der Waals surface area (Å²) in [5.74, 6) is 0. The molecule has 0 aromatic heterocycles. The molecule has 1 heterocycles. The SMILES string of the molecule is C[C@H](OC1CCC1)[C@H]1CO1. The number of hydrogen-bond donors (Lipinski definition) is 0. The van der Waals surface area contributed by atoms with E-state index >= 15 is 0 Å². The van der Waals surface area contributed by atoms with E-state index in [1.54, 1.807) is 0 Å². The maximum absolute atomic E-state index is 5.69. The number of ether oxygens (including phenoxy) is 2. The lowest BCUT2D eigenvalue weighted by Gasteiger charge is -2.28. The van der Waals surface area contributed by atoms with Crippen LogP contribution in [0.3, 0.4) is 0 Å². The Morgan fingerprint density at radius 3 is 2.60 bits per heavy atom. The third-order valence-electron chi connectivity index (χ3n) is 2.34. The van der Waals surface area contributed by atoms with Crippen molar-refractivity contribution in [2.45, 2.75) is 44.5 Å².